The van der Waals surface area contributed by atoms with E-state index in [1.807, 2.05) is 0 Å². The first-order valence-corrected chi connectivity index (χ1v) is 5.41. The maximum atomic E-state index is 12.0. The minimum atomic E-state index is -4.70. The Labute approximate surface area is 106 Å². The quantitative estimate of drug-likeness (QED) is 0.909. The number of aromatic amines is 1. The van der Waals surface area contributed by atoms with Gasteiger partial charge >= 0.3 is 6.36 Å². The first-order chi connectivity index (χ1) is 8.85. The lowest BCUT2D eigenvalue weighted by Crippen LogP contribution is -2.16. The highest BCUT2D eigenvalue weighted by atomic mass is 19.4. The third-order valence-electron chi connectivity index (χ3n) is 2.53. The van der Waals surface area contributed by atoms with Crippen LogP contribution in [0, 0.1) is 6.92 Å². The van der Waals surface area contributed by atoms with Crippen molar-refractivity contribution in [3.05, 3.63) is 52.4 Å². The molecule has 0 amide bonds. The minimum Gasteiger partial charge on any atom is -0.406 e. The number of ether oxygens (including phenoxy) is 1. The third kappa shape index (κ3) is 3.37. The second kappa shape index (κ2) is 4.79. The zero-order valence-corrected chi connectivity index (χ0v) is 9.91. The Hall–Kier alpha value is -2.24. The Morgan fingerprint density at radius 2 is 1.79 bits per heavy atom. The van der Waals surface area contributed by atoms with E-state index in [0.29, 0.717) is 5.56 Å². The molecule has 1 heterocycles. The number of benzene rings is 1. The second-order valence-electron chi connectivity index (χ2n) is 3.97. The maximum absolute atomic E-state index is 12.0. The number of halogens is 3. The predicted molar refractivity (Wildman–Crippen MR) is 63.9 cm³/mol. The van der Waals surface area contributed by atoms with Crippen LogP contribution < -0.4 is 10.3 Å². The standard InChI is InChI=1S/C13H10F3NO2/c1-8-6-12(18)17-7-11(8)9-2-4-10(5-3-9)19-13(14,15)16/h2-7H,1H3,(H,17,18). The largest absolute Gasteiger partial charge is 0.573 e. The van der Waals surface area contributed by atoms with E-state index in [9.17, 15) is 18.0 Å². The molecule has 2 aromatic rings. The summed E-state index contributed by atoms with van der Waals surface area (Å²) in [6.45, 7) is 1.75. The lowest BCUT2D eigenvalue weighted by Gasteiger charge is -2.10. The summed E-state index contributed by atoms with van der Waals surface area (Å²) in [5, 5.41) is 0. The van der Waals surface area contributed by atoms with Crippen molar-refractivity contribution in [2.45, 2.75) is 13.3 Å². The molecule has 6 heteroatoms. The van der Waals surface area contributed by atoms with Gasteiger partial charge in [0.2, 0.25) is 5.56 Å². The maximum Gasteiger partial charge on any atom is 0.573 e. The monoisotopic (exact) mass is 269 g/mol. The van der Waals surface area contributed by atoms with Gasteiger partial charge in [-0.2, -0.15) is 0 Å². The molecule has 0 saturated carbocycles. The Bertz CT molecular complexity index is 630. The van der Waals surface area contributed by atoms with Crippen LogP contribution in [0.5, 0.6) is 5.75 Å². The molecule has 0 atom stereocenters. The van der Waals surface area contributed by atoms with E-state index in [-0.39, 0.29) is 11.3 Å². The predicted octanol–water partition coefficient (Wildman–Crippen LogP) is 3.25. The summed E-state index contributed by atoms with van der Waals surface area (Å²) in [7, 11) is 0. The fourth-order valence-corrected chi connectivity index (χ4v) is 1.72. The number of alkyl halides is 3. The molecule has 1 aromatic carbocycles. The number of hydrogen-bond donors (Lipinski definition) is 1. The molecule has 0 fully saturated rings. The Morgan fingerprint density at radius 1 is 1.16 bits per heavy atom. The number of H-pyrrole nitrogens is 1. The molecule has 0 unspecified atom stereocenters. The topological polar surface area (TPSA) is 42.1 Å². The van der Waals surface area contributed by atoms with Gasteiger partial charge in [0.15, 0.2) is 0 Å². The van der Waals surface area contributed by atoms with Gasteiger partial charge in [-0.05, 0) is 30.2 Å². The van der Waals surface area contributed by atoms with Gasteiger partial charge in [0, 0.05) is 17.8 Å². The van der Waals surface area contributed by atoms with Crippen molar-refractivity contribution in [2.24, 2.45) is 0 Å². The van der Waals surface area contributed by atoms with Gasteiger partial charge in [-0.1, -0.05) is 12.1 Å². The van der Waals surface area contributed by atoms with E-state index >= 15 is 0 Å². The first kappa shape index (κ1) is 13.2. The van der Waals surface area contributed by atoms with Gasteiger partial charge in [0.1, 0.15) is 5.75 Å². The molecule has 0 radical (unpaired) electrons. The summed E-state index contributed by atoms with van der Waals surface area (Å²) in [5.41, 5.74) is 1.97. The molecule has 0 aliphatic rings. The van der Waals surface area contributed by atoms with Crippen LogP contribution >= 0.6 is 0 Å². The summed E-state index contributed by atoms with van der Waals surface area (Å²) < 4.78 is 39.8. The number of hydrogen-bond acceptors (Lipinski definition) is 2. The van der Waals surface area contributed by atoms with Crippen LogP contribution in [-0.4, -0.2) is 11.3 Å². The highest BCUT2D eigenvalue weighted by molar-refractivity contribution is 5.66. The molecule has 0 aliphatic heterocycles. The van der Waals surface area contributed by atoms with Crippen molar-refractivity contribution in [2.75, 3.05) is 0 Å². The van der Waals surface area contributed by atoms with Crippen LogP contribution in [-0.2, 0) is 0 Å². The van der Waals surface area contributed by atoms with E-state index in [4.69, 9.17) is 0 Å². The molecule has 0 aliphatic carbocycles. The van der Waals surface area contributed by atoms with Crippen LogP contribution in [0.2, 0.25) is 0 Å². The number of pyridine rings is 1. The lowest BCUT2D eigenvalue weighted by molar-refractivity contribution is -0.274. The van der Waals surface area contributed by atoms with E-state index in [0.717, 1.165) is 11.1 Å². The minimum absolute atomic E-state index is 0.224. The smallest absolute Gasteiger partial charge is 0.406 e. The SMILES string of the molecule is Cc1cc(=O)[nH]cc1-c1ccc(OC(F)(F)F)cc1. The third-order valence-corrected chi connectivity index (χ3v) is 2.53. The molecule has 1 aromatic heterocycles. The zero-order chi connectivity index (χ0) is 14.0. The Kier molecular flexibility index (Phi) is 3.33. The second-order valence-corrected chi connectivity index (χ2v) is 3.97. The number of aromatic nitrogens is 1. The molecule has 0 spiro atoms. The van der Waals surface area contributed by atoms with Gasteiger partial charge in [-0.3, -0.25) is 4.79 Å². The average molecular weight is 269 g/mol. The lowest BCUT2D eigenvalue weighted by atomic mass is 10.0. The highest BCUT2D eigenvalue weighted by Gasteiger charge is 2.30. The summed E-state index contributed by atoms with van der Waals surface area (Å²) in [4.78, 5) is 13.6. The van der Waals surface area contributed by atoms with Gasteiger partial charge in [0.05, 0.1) is 0 Å². The number of nitrogens with one attached hydrogen (secondary N) is 1. The van der Waals surface area contributed by atoms with Crippen molar-refractivity contribution in [1.29, 1.82) is 0 Å². The van der Waals surface area contributed by atoms with Gasteiger partial charge in [0.25, 0.3) is 0 Å². The first-order valence-electron chi connectivity index (χ1n) is 5.41. The van der Waals surface area contributed by atoms with Crippen molar-refractivity contribution < 1.29 is 17.9 Å². The van der Waals surface area contributed by atoms with E-state index in [2.05, 4.69) is 9.72 Å². The molecule has 1 N–H and O–H groups in total. The average Bonchev–Trinajstić information content (AvgIpc) is 2.28. The van der Waals surface area contributed by atoms with Crippen LogP contribution in [0.15, 0.2) is 41.3 Å². The summed E-state index contributed by atoms with van der Waals surface area (Å²) in [6.07, 6.45) is -3.17. The molecule has 2 rings (SSSR count). The molecule has 19 heavy (non-hydrogen) atoms. The van der Waals surface area contributed by atoms with Crippen molar-refractivity contribution in [3.8, 4) is 16.9 Å². The fraction of sp³-hybridized carbons (Fsp3) is 0.154. The number of rotatable bonds is 2. The van der Waals surface area contributed by atoms with E-state index in [1.54, 1.807) is 6.92 Å². The number of aryl methyl sites for hydroxylation is 1. The summed E-state index contributed by atoms with van der Waals surface area (Å²) in [6, 6.07) is 6.89. The van der Waals surface area contributed by atoms with E-state index in [1.165, 1.54) is 36.5 Å². The molecule has 3 nitrogen and oxygen atoms in total. The fourth-order valence-electron chi connectivity index (χ4n) is 1.72. The van der Waals surface area contributed by atoms with Crippen LogP contribution in [0.3, 0.4) is 0 Å². The summed E-state index contributed by atoms with van der Waals surface area (Å²) in [5.74, 6) is -0.279. The Morgan fingerprint density at radius 3 is 2.32 bits per heavy atom. The molecular weight excluding hydrogens is 259 g/mol. The van der Waals surface area contributed by atoms with Crippen LogP contribution in [0.25, 0.3) is 11.1 Å². The molecule has 0 bridgehead atoms. The van der Waals surface area contributed by atoms with Crippen molar-refractivity contribution in [3.63, 3.8) is 0 Å². The van der Waals surface area contributed by atoms with Crippen molar-refractivity contribution >= 4 is 0 Å². The van der Waals surface area contributed by atoms with Gasteiger partial charge in [-0.15, -0.1) is 13.2 Å². The van der Waals surface area contributed by atoms with Crippen LogP contribution in [0.1, 0.15) is 5.56 Å². The highest BCUT2D eigenvalue weighted by Crippen LogP contribution is 2.27. The molecule has 0 saturated heterocycles. The van der Waals surface area contributed by atoms with Crippen LogP contribution in [0.4, 0.5) is 13.2 Å². The van der Waals surface area contributed by atoms with Gasteiger partial charge < -0.3 is 9.72 Å². The van der Waals surface area contributed by atoms with E-state index < -0.39 is 6.36 Å². The molecular formula is C13H10F3NO2. The molecule has 100 valence electrons. The van der Waals surface area contributed by atoms with Gasteiger partial charge in [-0.25, -0.2) is 0 Å². The zero-order valence-electron chi connectivity index (χ0n) is 9.91. The Balaban J connectivity index is 2.30. The summed E-state index contributed by atoms with van der Waals surface area (Å²) >= 11 is 0. The normalized spacial score (nSPS) is 11.4. The van der Waals surface area contributed by atoms with Crippen molar-refractivity contribution in [1.82, 2.24) is 4.98 Å².